The van der Waals surface area contributed by atoms with Gasteiger partial charge in [0.15, 0.2) is 0 Å². The van der Waals surface area contributed by atoms with Crippen LogP contribution < -0.4 is 9.47 Å². The van der Waals surface area contributed by atoms with E-state index in [1.54, 1.807) is 0 Å². The molecule has 0 saturated carbocycles. The molecule has 0 aromatic heterocycles. The molecule has 0 spiro atoms. The van der Waals surface area contributed by atoms with E-state index in [4.69, 9.17) is 9.47 Å². The number of carbonyl (C=O) groups is 2. The van der Waals surface area contributed by atoms with Crippen molar-refractivity contribution in [2.45, 2.75) is 110 Å². The normalized spacial score (nSPS) is 27.1. The summed E-state index contributed by atoms with van der Waals surface area (Å²) in [5.41, 5.74) is 3.60. The first kappa shape index (κ1) is 31.5. The smallest absolute Gasteiger partial charge is 0.316 e. The Balaban J connectivity index is 1.74. The van der Waals surface area contributed by atoms with Gasteiger partial charge in [-0.15, -0.1) is 0 Å². The van der Waals surface area contributed by atoms with Crippen LogP contribution in [0.4, 0.5) is 0 Å². The number of allylic oxidation sites excluding steroid dienone is 3. The molecule has 2 fully saturated rings. The maximum absolute atomic E-state index is 13.8. The molecule has 0 bridgehead atoms. The summed E-state index contributed by atoms with van der Waals surface area (Å²) in [6, 6.07) is 4.94. The average Bonchev–Trinajstić information content (AvgIpc) is 3.79. The summed E-state index contributed by atoms with van der Waals surface area (Å²) in [4.78, 5) is 31.4. The van der Waals surface area contributed by atoms with Crippen LogP contribution in [0.25, 0.3) is 0 Å². The SMILES string of the molecule is C=C(C)[C@@H]1CCC(C)=C[C@H]1c1c(OC(=O)CCC2CN2C)cc(CCCCC)cc1OC(=O)C(C)(C)CC1CN1C. The van der Waals surface area contributed by atoms with Crippen molar-refractivity contribution in [1.29, 1.82) is 0 Å². The second-order valence-electron chi connectivity index (χ2n) is 13.7. The predicted molar refractivity (Wildman–Crippen MR) is 165 cm³/mol. The zero-order valence-electron chi connectivity index (χ0n) is 26.6. The molecule has 1 aliphatic carbocycles. The Morgan fingerprint density at radius 2 is 1.68 bits per heavy atom. The summed E-state index contributed by atoms with van der Waals surface area (Å²) >= 11 is 0. The van der Waals surface area contributed by atoms with Crippen molar-refractivity contribution in [3.05, 3.63) is 47.1 Å². The molecule has 0 N–H and O–H groups in total. The van der Waals surface area contributed by atoms with E-state index in [-0.39, 0.29) is 23.8 Å². The zero-order chi connectivity index (χ0) is 29.9. The van der Waals surface area contributed by atoms with Crippen LogP contribution in [-0.4, -0.2) is 61.0 Å². The highest BCUT2D eigenvalue weighted by Crippen LogP contribution is 2.48. The number of likely N-dealkylation sites (N-methyl/N-ethyl adjacent to an activating group) is 2. The molecule has 0 amide bonds. The number of esters is 2. The fraction of sp³-hybridized carbons (Fsp3) is 0.657. The Hall–Kier alpha value is -2.44. The Kier molecular flexibility index (Phi) is 10.2. The minimum atomic E-state index is -0.635. The van der Waals surface area contributed by atoms with E-state index in [2.05, 4.69) is 57.3 Å². The van der Waals surface area contributed by atoms with E-state index < -0.39 is 5.41 Å². The highest BCUT2D eigenvalue weighted by molar-refractivity contribution is 5.80. The molecule has 6 heteroatoms. The van der Waals surface area contributed by atoms with Crippen molar-refractivity contribution >= 4 is 11.9 Å². The van der Waals surface area contributed by atoms with Crippen LogP contribution in [0.15, 0.2) is 35.9 Å². The minimum Gasteiger partial charge on any atom is -0.426 e. The van der Waals surface area contributed by atoms with E-state index >= 15 is 0 Å². The lowest BCUT2D eigenvalue weighted by Gasteiger charge is -2.33. The Labute approximate surface area is 248 Å². The third kappa shape index (κ3) is 8.32. The van der Waals surface area contributed by atoms with Crippen LogP contribution in [0.5, 0.6) is 11.5 Å². The summed E-state index contributed by atoms with van der Waals surface area (Å²) in [6.45, 7) is 16.7. The molecular formula is C35H52N2O4. The van der Waals surface area contributed by atoms with E-state index in [1.807, 2.05) is 26.0 Å². The van der Waals surface area contributed by atoms with Crippen LogP contribution in [0.1, 0.15) is 103 Å². The van der Waals surface area contributed by atoms with Gasteiger partial charge in [-0.2, -0.15) is 0 Å². The molecule has 41 heavy (non-hydrogen) atoms. The Bertz CT molecular complexity index is 1170. The second kappa shape index (κ2) is 13.2. The second-order valence-corrected chi connectivity index (χ2v) is 13.7. The van der Waals surface area contributed by atoms with E-state index in [0.29, 0.717) is 30.0 Å². The standard InChI is InChI=1S/C35H52N2O4/c1-9-10-11-12-25-18-30(40-32(38)16-14-26-21-36(26)7)33(29-17-24(4)13-15-28(29)23(2)3)31(19-25)41-34(39)35(5,6)20-27-22-37(27)8/h17-19,26-29H,2,9-16,20-22H2,1,3-8H3/t26?,27?,28-,29+,36?,37?/m0/s1. The molecule has 2 saturated heterocycles. The lowest BCUT2D eigenvalue weighted by Crippen LogP contribution is -2.32. The van der Waals surface area contributed by atoms with Gasteiger partial charge in [0.25, 0.3) is 0 Å². The maximum Gasteiger partial charge on any atom is 0.316 e. The van der Waals surface area contributed by atoms with Gasteiger partial charge in [-0.25, -0.2) is 0 Å². The number of benzene rings is 1. The molecule has 4 rings (SSSR count). The van der Waals surface area contributed by atoms with Gasteiger partial charge in [-0.05, 0) is 104 Å². The lowest BCUT2D eigenvalue weighted by molar-refractivity contribution is -0.144. The van der Waals surface area contributed by atoms with Gasteiger partial charge in [0.2, 0.25) is 0 Å². The van der Waals surface area contributed by atoms with Crippen LogP contribution in [0.3, 0.4) is 0 Å². The lowest BCUT2D eigenvalue weighted by atomic mass is 9.73. The summed E-state index contributed by atoms with van der Waals surface area (Å²) in [5.74, 6) is 0.708. The molecule has 1 aromatic rings. The van der Waals surface area contributed by atoms with E-state index in [9.17, 15) is 9.59 Å². The summed E-state index contributed by atoms with van der Waals surface area (Å²) in [7, 11) is 4.16. The van der Waals surface area contributed by atoms with Crippen molar-refractivity contribution in [2.75, 3.05) is 27.2 Å². The molecule has 4 unspecified atom stereocenters. The number of carbonyl (C=O) groups excluding carboxylic acids is 2. The highest BCUT2D eigenvalue weighted by atomic mass is 16.5. The average molecular weight is 565 g/mol. The molecule has 6 atom stereocenters. The third-order valence-corrected chi connectivity index (χ3v) is 9.33. The van der Waals surface area contributed by atoms with Crippen LogP contribution in [-0.2, 0) is 16.0 Å². The number of nitrogens with zero attached hydrogens (tertiary/aromatic N) is 2. The maximum atomic E-state index is 13.8. The topological polar surface area (TPSA) is 58.6 Å². The quantitative estimate of drug-likeness (QED) is 0.0792. The van der Waals surface area contributed by atoms with Gasteiger partial charge in [0.1, 0.15) is 11.5 Å². The monoisotopic (exact) mass is 564 g/mol. The summed E-state index contributed by atoms with van der Waals surface area (Å²) < 4.78 is 12.6. The molecule has 3 aliphatic rings. The molecule has 6 nitrogen and oxygen atoms in total. The summed E-state index contributed by atoms with van der Waals surface area (Å²) in [6.07, 6.45) is 10.3. The van der Waals surface area contributed by atoms with Crippen molar-refractivity contribution in [3.63, 3.8) is 0 Å². The summed E-state index contributed by atoms with van der Waals surface area (Å²) in [5, 5.41) is 0. The largest absolute Gasteiger partial charge is 0.426 e. The van der Waals surface area contributed by atoms with Crippen molar-refractivity contribution in [1.82, 2.24) is 9.80 Å². The first-order chi connectivity index (χ1) is 19.4. The minimum absolute atomic E-state index is 0.0798. The highest BCUT2D eigenvalue weighted by Gasteiger charge is 2.41. The van der Waals surface area contributed by atoms with Gasteiger partial charge in [0, 0.05) is 43.1 Å². The predicted octanol–water partition coefficient (Wildman–Crippen LogP) is 7.07. The van der Waals surface area contributed by atoms with Crippen LogP contribution in [0.2, 0.25) is 0 Å². The fourth-order valence-electron chi connectivity index (χ4n) is 6.25. The zero-order valence-corrected chi connectivity index (χ0v) is 26.6. The molecule has 0 radical (unpaired) electrons. The number of ether oxygens (including phenoxy) is 2. The van der Waals surface area contributed by atoms with Crippen molar-refractivity contribution in [2.24, 2.45) is 11.3 Å². The molecule has 226 valence electrons. The van der Waals surface area contributed by atoms with Gasteiger partial charge >= 0.3 is 11.9 Å². The van der Waals surface area contributed by atoms with Crippen LogP contribution >= 0.6 is 0 Å². The molecule has 1 aromatic carbocycles. The number of unbranched alkanes of at least 4 members (excludes halogenated alkanes) is 2. The van der Waals surface area contributed by atoms with Gasteiger partial charge in [-0.3, -0.25) is 9.59 Å². The van der Waals surface area contributed by atoms with Gasteiger partial charge in [0.05, 0.1) is 5.41 Å². The molecular weight excluding hydrogens is 512 g/mol. The first-order valence-electron chi connectivity index (χ1n) is 15.7. The van der Waals surface area contributed by atoms with Crippen LogP contribution in [0, 0.1) is 11.3 Å². The number of rotatable bonds is 14. The molecule has 2 heterocycles. The van der Waals surface area contributed by atoms with E-state index in [0.717, 1.165) is 81.2 Å². The van der Waals surface area contributed by atoms with Crippen molar-refractivity contribution < 1.29 is 19.1 Å². The van der Waals surface area contributed by atoms with Gasteiger partial charge < -0.3 is 19.3 Å². The number of aryl methyl sites for hydroxylation is 1. The van der Waals surface area contributed by atoms with E-state index in [1.165, 1.54) is 5.57 Å². The Morgan fingerprint density at radius 3 is 2.27 bits per heavy atom. The third-order valence-electron chi connectivity index (χ3n) is 9.33. The number of hydrogen-bond donors (Lipinski definition) is 0. The van der Waals surface area contributed by atoms with Gasteiger partial charge in [-0.1, -0.05) is 43.6 Å². The van der Waals surface area contributed by atoms with Crippen molar-refractivity contribution in [3.8, 4) is 11.5 Å². The fourth-order valence-corrected chi connectivity index (χ4v) is 6.25. The molecule has 2 aliphatic heterocycles. The first-order valence-corrected chi connectivity index (χ1v) is 15.7. The number of hydrogen-bond acceptors (Lipinski definition) is 6. The Morgan fingerprint density at radius 1 is 1.05 bits per heavy atom.